The molecule has 0 aliphatic rings. The molecule has 0 fully saturated rings. The Morgan fingerprint density at radius 1 is 1.53 bits per heavy atom. The van der Waals surface area contributed by atoms with Crippen molar-refractivity contribution in [1.82, 2.24) is 14.6 Å². The van der Waals surface area contributed by atoms with Crippen molar-refractivity contribution in [2.75, 3.05) is 18.0 Å². The van der Waals surface area contributed by atoms with Crippen LogP contribution in [0.5, 0.6) is 0 Å². The Morgan fingerprint density at radius 3 is 3.06 bits per heavy atom. The lowest BCUT2D eigenvalue weighted by atomic mass is 10.3. The predicted molar refractivity (Wildman–Crippen MR) is 63.1 cm³/mol. The highest BCUT2D eigenvalue weighted by Gasteiger charge is 2.11. The summed E-state index contributed by atoms with van der Waals surface area (Å²) in [6.07, 6.45) is 5.24. The van der Waals surface area contributed by atoms with E-state index in [9.17, 15) is 4.79 Å². The van der Waals surface area contributed by atoms with Gasteiger partial charge < -0.3 is 10.0 Å². The summed E-state index contributed by atoms with van der Waals surface area (Å²) in [5, 5.41) is 12.8. The van der Waals surface area contributed by atoms with Crippen molar-refractivity contribution in [3.63, 3.8) is 0 Å². The number of fused-ring (bicyclic) bond motifs is 1. The maximum Gasteiger partial charge on any atom is 0.305 e. The normalized spacial score (nSPS) is 10.6. The van der Waals surface area contributed by atoms with E-state index in [-0.39, 0.29) is 6.42 Å². The first-order valence-corrected chi connectivity index (χ1v) is 5.47. The molecular weight excluding hydrogens is 220 g/mol. The number of anilines is 1. The van der Waals surface area contributed by atoms with Crippen LogP contribution in [-0.2, 0) is 4.79 Å². The Balaban J connectivity index is 2.29. The van der Waals surface area contributed by atoms with E-state index in [0.717, 1.165) is 11.3 Å². The number of nitrogens with zero attached hydrogens (tertiary/aromatic N) is 4. The standard InChI is InChI=1S/C11H14N4O2/c1-2-14(7-4-10(16)17)11-9-3-5-13-15(9)8-6-12-11/h3,5-6,8H,2,4,7H2,1H3,(H,16,17). The van der Waals surface area contributed by atoms with Crippen LogP contribution in [0.2, 0.25) is 0 Å². The van der Waals surface area contributed by atoms with Crippen molar-refractivity contribution in [3.8, 4) is 0 Å². The van der Waals surface area contributed by atoms with Crippen LogP contribution in [0, 0.1) is 0 Å². The fourth-order valence-corrected chi connectivity index (χ4v) is 1.73. The molecule has 0 bridgehead atoms. The van der Waals surface area contributed by atoms with Gasteiger partial charge in [-0.05, 0) is 13.0 Å². The first-order valence-electron chi connectivity index (χ1n) is 5.47. The largest absolute Gasteiger partial charge is 0.481 e. The Morgan fingerprint density at radius 2 is 2.35 bits per heavy atom. The Labute approximate surface area is 98.5 Å². The lowest BCUT2D eigenvalue weighted by Gasteiger charge is -2.21. The van der Waals surface area contributed by atoms with Gasteiger partial charge in [0.25, 0.3) is 0 Å². The van der Waals surface area contributed by atoms with Crippen LogP contribution < -0.4 is 4.90 Å². The summed E-state index contributed by atoms with van der Waals surface area (Å²) in [6.45, 7) is 3.14. The van der Waals surface area contributed by atoms with Crippen molar-refractivity contribution in [1.29, 1.82) is 0 Å². The topological polar surface area (TPSA) is 70.7 Å². The third kappa shape index (κ3) is 2.35. The number of aliphatic carboxylic acids is 1. The van der Waals surface area contributed by atoms with Gasteiger partial charge >= 0.3 is 5.97 Å². The van der Waals surface area contributed by atoms with Crippen LogP contribution in [0.3, 0.4) is 0 Å². The summed E-state index contributed by atoms with van der Waals surface area (Å²) in [6, 6.07) is 1.87. The summed E-state index contributed by atoms with van der Waals surface area (Å²) in [5.74, 6) is -0.0299. The minimum atomic E-state index is -0.802. The van der Waals surface area contributed by atoms with Crippen LogP contribution in [0.4, 0.5) is 5.82 Å². The fraction of sp³-hybridized carbons (Fsp3) is 0.364. The number of rotatable bonds is 5. The zero-order valence-electron chi connectivity index (χ0n) is 9.58. The molecule has 2 rings (SSSR count). The molecular formula is C11H14N4O2. The van der Waals surface area contributed by atoms with Crippen molar-refractivity contribution in [2.45, 2.75) is 13.3 Å². The van der Waals surface area contributed by atoms with Gasteiger partial charge in [-0.3, -0.25) is 4.79 Å². The molecule has 0 aliphatic heterocycles. The maximum atomic E-state index is 10.6. The second-order valence-corrected chi connectivity index (χ2v) is 3.64. The molecule has 6 nitrogen and oxygen atoms in total. The second kappa shape index (κ2) is 4.82. The highest BCUT2D eigenvalue weighted by Crippen LogP contribution is 2.17. The quantitative estimate of drug-likeness (QED) is 0.836. The SMILES string of the molecule is CCN(CCC(=O)O)c1nccn2nccc12. The zero-order valence-corrected chi connectivity index (χ0v) is 9.58. The number of carboxylic acids is 1. The van der Waals surface area contributed by atoms with Crippen LogP contribution >= 0.6 is 0 Å². The molecule has 0 saturated carbocycles. The van der Waals surface area contributed by atoms with Crippen LogP contribution in [0.1, 0.15) is 13.3 Å². The van der Waals surface area contributed by atoms with Gasteiger partial charge in [0.05, 0.1) is 12.6 Å². The Bertz CT molecular complexity index is 523. The summed E-state index contributed by atoms with van der Waals surface area (Å²) in [4.78, 5) is 16.8. The lowest BCUT2D eigenvalue weighted by Crippen LogP contribution is -2.27. The number of carboxylic acid groups (broad SMARTS) is 1. The van der Waals surface area contributed by atoms with Crippen LogP contribution in [0.15, 0.2) is 24.7 Å². The van der Waals surface area contributed by atoms with Crippen LogP contribution in [-0.4, -0.2) is 38.8 Å². The zero-order chi connectivity index (χ0) is 12.3. The molecule has 0 amide bonds. The molecule has 2 aromatic rings. The van der Waals surface area contributed by atoms with Gasteiger partial charge in [-0.15, -0.1) is 0 Å². The molecule has 0 aliphatic carbocycles. The maximum absolute atomic E-state index is 10.6. The smallest absolute Gasteiger partial charge is 0.305 e. The van der Waals surface area contributed by atoms with Crippen molar-refractivity contribution >= 4 is 17.3 Å². The molecule has 2 heterocycles. The first-order chi connectivity index (χ1) is 8.22. The van der Waals surface area contributed by atoms with Crippen molar-refractivity contribution in [2.24, 2.45) is 0 Å². The summed E-state index contributed by atoms with van der Waals surface area (Å²) < 4.78 is 1.73. The van der Waals surface area contributed by atoms with E-state index in [1.54, 1.807) is 23.1 Å². The fourth-order valence-electron chi connectivity index (χ4n) is 1.73. The molecule has 90 valence electrons. The molecule has 6 heteroatoms. The van der Waals surface area contributed by atoms with Crippen LogP contribution in [0.25, 0.3) is 5.52 Å². The molecule has 0 aromatic carbocycles. The molecule has 0 saturated heterocycles. The minimum absolute atomic E-state index is 0.102. The predicted octanol–water partition coefficient (Wildman–Crippen LogP) is 1.03. The van der Waals surface area contributed by atoms with E-state index < -0.39 is 5.97 Å². The van der Waals surface area contributed by atoms with Gasteiger partial charge in [0.1, 0.15) is 5.52 Å². The van der Waals surface area contributed by atoms with Gasteiger partial charge in [0.2, 0.25) is 0 Å². The molecule has 17 heavy (non-hydrogen) atoms. The number of carbonyl (C=O) groups is 1. The number of hydrogen-bond donors (Lipinski definition) is 1. The van der Waals surface area contributed by atoms with Gasteiger partial charge in [0.15, 0.2) is 5.82 Å². The van der Waals surface area contributed by atoms with E-state index in [1.807, 2.05) is 17.9 Å². The van der Waals surface area contributed by atoms with E-state index in [1.165, 1.54) is 0 Å². The highest BCUT2D eigenvalue weighted by molar-refractivity contribution is 5.70. The Hall–Kier alpha value is -2.11. The summed E-state index contributed by atoms with van der Waals surface area (Å²) in [5.41, 5.74) is 0.889. The third-order valence-corrected chi connectivity index (χ3v) is 2.58. The molecule has 0 radical (unpaired) electrons. The van der Waals surface area contributed by atoms with Crippen molar-refractivity contribution in [3.05, 3.63) is 24.7 Å². The highest BCUT2D eigenvalue weighted by atomic mass is 16.4. The minimum Gasteiger partial charge on any atom is -0.481 e. The third-order valence-electron chi connectivity index (χ3n) is 2.58. The average Bonchev–Trinajstić information content (AvgIpc) is 2.78. The van der Waals surface area contributed by atoms with E-state index in [4.69, 9.17) is 5.11 Å². The monoisotopic (exact) mass is 234 g/mol. The molecule has 1 N–H and O–H groups in total. The van der Waals surface area contributed by atoms with Gasteiger partial charge in [0, 0.05) is 25.5 Å². The summed E-state index contributed by atoms with van der Waals surface area (Å²) in [7, 11) is 0. The lowest BCUT2D eigenvalue weighted by molar-refractivity contribution is -0.136. The van der Waals surface area contributed by atoms with E-state index >= 15 is 0 Å². The molecule has 0 atom stereocenters. The molecule has 0 unspecified atom stereocenters. The second-order valence-electron chi connectivity index (χ2n) is 3.64. The molecule has 0 spiro atoms. The molecule has 2 aromatic heterocycles. The van der Waals surface area contributed by atoms with Gasteiger partial charge in [-0.25, -0.2) is 9.50 Å². The summed E-state index contributed by atoms with van der Waals surface area (Å²) >= 11 is 0. The van der Waals surface area contributed by atoms with Gasteiger partial charge in [-0.2, -0.15) is 5.10 Å². The Kier molecular flexibility index (Phi) is 3.22. The number of aromatic nitrogens is 3. The average molecular weight is 234 g/mol. The van der Waals surface area contributed by atoms with E-state index in [2.05, 4.69) is 10.1 Å². The number of hydrogen-bond acceptors (Lipinski definition) is 4. The first kappa shape index (κ1) is 11.4. The van der Waals surface area contributed by atoms with E-state index in [0.29, 0.717) is 13.1 Å². The van der Waals surface area contributed by atoms with Gasteiger partial charge in [-0.1, -0.05) is 0 Å². The van der Waals surface area contributed by atoms with Crippen molar-refractivity contribution < 1.29 is 9.90 Å².